The number of nitrogens with one attached hydrogen (secondary N) is 1. The van der Waals surface area contributed by atoms with Gasteiger partial charge in [0.1, 0.15) is 0 Å². The minimum absolute atomic E-state index is 0.0121. The van der Waals surface area contributed by atoms with E-state index in [-0.39, 0.29) is 17.2 Å². The Morgan fingerprint density at radius 1 is 1.12 bits per heavy atom. The molecule has 2 bridgehead atoms. The lowest BCUT2D eigenvalue weighted by Crippen LogP contribution is -2.46. The Morgan fingerprint density at radius 2 is 1.84 bits per heavy atom. The summed E-state index contributed by atoms with van der Waals surface area (Å²) in [5.74, 6) is 1.55. The number of carbonyl (C=O) groups excluding carboxylic acids is 1. The fourth-order valence-corrected chi connectivity index (χ4v) is 5.08. The number of fused-ring (bicyclic) bond motifs is 2. The Labute approximate surface area is 150 Å². The largest absolute Gasteiger partial charge is 0.381 e. The number of ether oxygens (including phenoxy) is 1. The lowest BCUT2D eigenvalue weighted by molar-refractivity contribution is -0.126. The molecule has 1 heterocycles. The molecule has 0 aromatic heterocycles. The molecular formula is C22H29NO2. The number of rotatable bonds is 4. The summed E-state index contributed by atoms with van der Waals surface area (Å²) < 4.78 is 5.63. The second kappa shape index (κ2) is 6.60. The normalized spacial score (nSPS) is 29.8. The van der Waals surface area contributed by atoms with E-state index in [2.05, 4.69) is 49.5 Å². The molecule has 1 aromatic rings. The van der Waals surface area contributed by atoms with Gasteiger partial charge in [-0.3, -0.25) is 4.79 Å². The second-order valence-electron chi connectivity index (χ2n) is 8.37. The maximum Gasteiger partial charge on any atom is 0.223 e. The third-order valence-electron chi connectivity index (χ3n) is 6.50. The number of hydrogen-bond donors (Lipinski definition) is 1. The zero-order valence-electron chi connectivity index (χ0n) is 15.4. The standard InChI is InChI=1S/C22H29NO2/c1-15-9-16(2)11-19(10-15)22(5-7-25-8-6-22)14-23-21(24)20-13-17-3-4-18(20)12-17/h3-4,9-11,17-18,20H,5-8,12-14H2,1-2H3,(H,23,24)/t17-,18+,20-/m1/s1. The SMILES string of the molecule is Cc1cc(C)cc(C2(CNC(=O)[C@@H]3C[C@@H]4C=C[C@H]3C4)CCOCC2)c1. The van der Waals surface area contributed by atoms with Gasteiger partial charge in [-0.2, -0.15) is 0 Å². The van der Waals surface area contributed by atoms with Gasteiger partial charge in [-0.25, -0.2) is 0 Å². The van der Waals surface area contributed by atoms with Crippen LogP contribution in [0.3, 0.4) is 0 Å². The fraction of sp³-hybridized carbons (Fsp3) is 0.591. The van der Waals surface area contributed by atoms with E-state index in [1.165, 1.54) is 23.1 Å². The first-order chi connectivity index (χ1) is 12.1. The van der Waals surface area contributed by atoms with Gasteiger partial charge in [0, 0.05) is 31.1 Å². The van der Waals surface area contributed by atoms with Crippen molar-refractivity contribution in [1.82, 2.24) is 5.32 Å². The highest BCUT2D eigenvalue weighted by atomic mass is 16.5. The van der Waals surface area contributed by atoms with Crippen LogP contribution < -0.4 is 5.32 Å². The van der Waals surface area contributed by atoms with E-state index in [1.807, 2.05) is 0 Å². The summed E-state index contributed by atoms with van der Waals surface area (Å²) in [6.45, 7) is 6.60. The molecule has 2 aliphatic carbocycles. The zero-order chi connectivity index (χ0) is 17.4. The Hall–Kier alpha value is -1.61. The molecule has 0 radical (unpaired) electrons. The number of amides is 1. The van der Waals surface area contributed by atoms with Crippen LogP contribution in [0.25, 0.3) is 0 Å². The first-order valence-electron chi connectivity index (χ1n) is 9.68. The highest BCUT2D eigenvalue weighted by Crippen LogP contribution is 2.43. The van der Waals surface area contributed by atoms with Crippen molar-refractivity contribution >= 4 is 5.91 Å². The average Bonchev–Trinajstić information content (AvgIpc) is 3.23. The minimum Gasteiger partial charge on any atom is -0.381 e. The summed E-state index contributed by atoms with van der Waals surface area (Å²) >= 11 is 0. The van der Waals surface area contributed by atoms with Gasteiger partial charge < -0.3 is 10.1 Å². The Bertz CT molecular complexity index is 667. The van der Waals surface area contributed by atoms with Crippen LogP contribution in [0, 0.1) is 31.6 Å². The van der Waals surface area contributed by atoms with Crippen LogP contribution in [0.2, 0.25) is 0 Å². The van der Waals surface area contributed by atoms with Crippen molar-refractivity contribution < 1.29 is 9.53 Å². The number of carbonyl (C=O) groups is 1. The quantitative estimate of drug-likeness (QED) is 0.850. The molecule has 25 heavy (non-hydrogen) atoms. The smallest absolute Gasteiger partial charge is 0.223 e. The summed E-state index contributed by atoms with van der Waals surface area (Å²) in [6.07, 6.45) is 8.72. The molecule has 3 nitrogen and oxygen atoms in total. The van der Waals surface area contributed by atoms with Gasteiger partial charge in [0.15, 0.2) is 0 Å². The van der Waals surface area contributed by atoms with Crippen molar-refractivity contribution in [2.45, 2.75) is 44.9 Å². The number of hydrogen-bond acceptors (Lipinski definition) is 2. The van der Waals surface area contributed by atoms with Crippen LogP contribution in [0.5, 0.6) is 0 Å². The number of allylic oxidation sites excluding steroid dienone is 2. The summed E-state index contributed by atoms with van der Waals surface area (Å²) in [7, 11) is 0. The molecule has 3 heteroatoms. The molecule has 1 amide bonds. The molecule has 3 aliphatic rings. The maximum absolute atomic E-state index is 12.8. The van der Waals surface area contributed by atoms with Gasteiger partial charge in [0.2, 0.25) is 5.91 Å². The molecule has 3 atom stereocenters. The summed E-state index contributed by atoms with van der Waals surface area (Å²) in [6, 6.07) is 6.81. The Kier molecular flexibility index (Phi) is 4.45. The molecule has 1 N–H and O–H groups in total. The van der Waals surface area contributed by atoms with Crippen molar-refractivity contribution in [2.75, 3.05) is 19.8 Å². The van der Waals surface area contributed by atoms with E-state index >= 15 is 0 Å². The van der Waals surface area contributed by atoms with Crippen molar-refractivity contribution in [3.8, 4) is 0 Å². The Morgan fingerprint density at radius 3 is 2.44 bits per heavy atom. The van der Waals surface area contributed by atoms with Crippen LogP contribution >= 0.6 is 0 Å². The van der Waals surface area contributed by atoms with E-state index in [1.54, 1.807) is 0 Å². The molecule has 0 unspecified atom stereocenters. The molecule has 1 saturated heterocycles. The molecule has 1 aliphatic heterocycles. The van der Waals surface area contributed by atoms with E-state index in [4.69, 9.17) is 4.74 Å². The monoisotopic (exact) mass is 339 g/mol. The first-order valence-corrected chi connectivity index (χ1v) is 9.68. The highest BCUT2D eigenvalue weighted by Gasteiger charge is 2.41. The topological polar surface area (TPSA) is 38.3 Å². The molecule has 1 saturated carbocycles. The number of benzene rings is 1. The maximum atomic E-state index is 12.8. The predicted molar refractivity (Wildman–Crippen MR) is 99.5 cm³/mol. The van der Waals surface area contributed by atoms with Crippen molar-refractivity contribution in [3.63, 3.8) is 0 Å². The second-order valence-corrected chi connectivity index (χ2v) is 8.37. The van der Waals surface area contributed by atoms with Crippen molar-refractivity contribution in [2.24, 2.45) is 17.8 Å². The highest BCUT2D eigenvalue weighted by molar-refractivity contribution is 5.80. The number of aryl methyl sites for hydroxylation is 2. The predicted octanol–water partition coefficient (Wildman–Crippen LogP) is 3.68. The van der Waals surface area contributed by atoms with Crippen molar-refractivity contribution in [3.05, 3.63) is 47.0 Å². The van der Waals surface area contributed by atoms with Gasteiger partial charge >= 0.3 is 0 Å². The van der Waals surface area contributed by atoms with Crippen LogP contribution in [0.1, 0.15) is 42.4 Å². The summed E-state index contributed by atoms with van der Waals surface area (Å²) in [4.78, 5) is 12.8. The van der Waals surface area contributed by atoms with E-state index in [9.17, 15) is 4.79 Å². The molecule has 1 aromatic carbocycles. The van der Waals surface area contributed by atoms with Gasteiger partial charge in [0.05, 0.1) is 0 Å². The lowest BCUT2D eigenvalue weighted by atomic mass is 9.73. The van der Waals surface area contributed by atoms with Gasteiger partial charge in [-0.1, -0.05) is 41.5 Å². The van der Waals surface area contributed by atoms with Crippen LogP contribution in [0.4, 0.5) is 0 Å². The van der Waals surface area contributed by atoms with Crippen LogP contribution in [0.15, 0.2) is 30.4 Å². The zero-order valence-corrected chi connectivity index (χ0v) is 15.4. The summed E-state index contributed by atoms with van der Waals surface area (Å²) in [5, 5.41) is 3.33. The van der Waals surface area contributed by atoms with Gasteiger partial charge in [-0.05, 0) is 56.9 Å². The molecular weight excluding hydrogens is 310 g/mol. The molecule has 0 spiro atoms. The van der Waals surface area contributed by atoms with E-state index in [0.29, 0.717) is 11.8 Å². The van der Waals surface area contributed by atoms with Crippen molar-refractivity contribution in [1.29, 1.82) is 0 Å². The Balaban J connectivity index is 1.51. The average molecular weight is 339 g/mol. The first kappa shape index (κ1) is 16.8. The minimum atomic E-state index is 0.0121. The summed E-state index contributed by atoms with van der Waals surface area (Å²) in [5.41, 5.74) is 3.97. The molecule has 4 rings (SSSR count). The third kappa shape index (κ3) is 3.27. The molecule has 134 valence electrons. The van der Waals surface area contributed by atoms with Gasteiger partial charge in [-0.15, -0.1) is 0 Å². The molecule has 2 fully saturated rings. The van der Waals surface area contributed by atoms with E-state index < -0.39 is 0 Å². The van der Waals surface area contributed by atoms with E-state index in [0.717, 1.165) is 39.0 Å². The lowest BCUT2D eigenvalue weighted by Gasteiger charge is -2.38. The van der Waals surface area contributed by atoms with Crippen LogP contribution in [-0.2, 0) is 14.9 Å². The fourth-order valence-electron chi connectivity index (χ4n) is 5.08. The van der Waals surface area contributed by atoms with Gasteiger partial charge in [0.25, 0.3) is 0 Å². The van der Waals surface area contributed by atoms with Crippen LogP contribution in [-0.4, -0.2) is 25.7 Å². The third-order valence-corrected chi connectivity index (χ3v) is 6.50.